The molecule has 2 nitrogen and oxygen atoms in total. The molecule has 0 bridgehead atoms. The minimum absolute atomic E-state index is 0.479. The lowest BCUT2D eigenvalue weighted by Crippen LogP contribution is -2.16. The molecular formula is C16H16ClNOS. The highest BCUT2D eigenvalue weighted by atomic mass is 35.5. The van der Waals surface area contributed by atoms with Crippen molar-refractivity contribution >= 4 is 33.5 Å². The van der Waals surface area contributed by atoms with E-state index in [0.29, 0.717) is 21.3 Å². The normalized spacial score (nSPS) is 10.2. The molecule has 0 aliphatic heterocycles. The van der Waals surface area contributed by atoms with Crippen molar-refractivity contribution in [2.24, 2.45) is 0 Å². The van der Waals surface area contributed by atoms with Crippen LogP contribution in [0.1, 0.15) is 22.3 Å². The number of anilines is 1. The van der Waals surface area contributed by atoms with Crippen molar-refractivity contribution in [3.8, 4) is 0 Å². The molecule has 20 heavy (non-hydrogen) atoms. The van der Waals surface area contributed by atoms with E-state index >= 15 is 0 Å². The van der Waals surface area contributed by atoms with E-state index in [9.17, 15) is 4.21 Å². The topological polar surface area (TPSA) is 29.1 Å². The van der Waals surface area contributed by atoms with Crippen LogP contribution in [0.2, 0.25) is 5.02 Å². The number of halogens is 1. The Labute approximate surface area is 127 Å². The predicted octanol–water partition coefficient (Wildman–Crippen LogP) is 4.07. The summed E-state index contributed by atoms with van der Waals surface area (Å²) in [5.41, 5.74) is 5.23. The van der Waals surface area contributed by atoms with Gasteiger partial charge in [-0.05, 0) is 56.2 Å². The third-order valence-corrected chi connectivity index (χ3v) is 3.81. The summed E-state index contributed by atoms with van der Waals surface area (Å²) in [6.45, 7) is 6.10. The number of rotatable bonds is 2. The summed E-state index contributed by atoms with van der Waals surface area (Å²) >= 11 is 6.34. The predicted molar refractivity (Wildman–Crippen MR) is 88.0 cm³/mol. The molecule has 0 atom stereocenters. The molecule has 0 unspecified atom stereocenters. The van der Waals surface area contributed by atoms with Gasteiger partial charge in [0, 0.05) is 16.3 Å². The highest BCUT2D eigenvalue weighted by Gasteiger charge is 2.11. The summed E-state index contributed by atoms with van der Waals surface area (Å²) in [6.07, 6.45) is 0. The average Bonchev–Trinajstić information content (AvgIpc) is 2.38. The van der Waals surface area contributed by atoms with Crippen molar-refractivity contribution in [1.82, 2.24) is 0 Å². The fourth-order valence-electron chi connectivity index (χ4n) is 2.33. The van der Waals surface area contributed by atoms with Crippen LogP contribution >= 0.6 is 11.6 Å². The molecule has 2 rings (SSSR count). The lowest BCUT2D eigenvalue weighted by Gasteiger charge is -2.14. The van der Waals surface area contributed by atoms with Gasteiger partial charge in [-0.15, -0.1) is 0 Å². The Balaban J connectivity index is 2.39. The first-order chi connectivity index (χ1) is 9.51. The van der Waals surface area contributed by atoms with Crippen molar-refractivity contribution < 1.29 is 4.21 Å². The van der Waals surface area contributed by atoms with Gasteiger partial charge < -0.3 is 5.32 Å². The van der Waals surface area contributed by atoms with Crippen LogP contribution < -0.4 is 5.32 Å². The van der Waals surface area contributed by atoms with Gasteiger partial charge in [0.1, 0.15) is 16.2 Å². The zero-order chi connectivity index (χ0) is 14.7. The molecule has 0 aromatic heterocycles. The molecule has 0 radical (unpaired) electrons. The van der Waals surface area contributed by atoms with Crippen LogP contribution in [0.25, 0.3) is 0 Å². The second kappa shape index (κ2) is 6.25. The SMILES string of the molecule is Cc1cc(C)c(C(Nc2ccc(Cl)cc2)=S=O)c(C)c1. The molecule has 0 heterocycles. The maximum atomic E-state index is 11.5. The van der Waals surface area contributed by atoms with Crippen molar-refractivity contribution in [3.05, 3.63) is 63.7 Å². The Morgan fingerprint density at radius 2 is 1.60 bits per heavy atom. The quantitative estimate of drug-likeness (QED) is 0.848. The summed E-state index contributed by atoms with van der Waals surface area (Å²) in [6, 6.07) is 11.5. The fourth-order valence-corrected chi connectivity index (χ4v) is 3.02. The van der Waals surface area contributed by atoms with Gasteiger partial charge in [-0.2, -0.15) is 0 Å². The third kappa shape index (κ3) is 3.30. The molecule has 0 amide bonds. The largest absolute Gasteiger partial charge is 0.344 e. The van der Waals surface area contributed by atoms with Gasteiger partial charge in [0.25, 0.3) is 0 Å². The molecule has 4 heteroatoms. The van der Waals surface area contributed by atoms with Crippen LogP contribution in [0, 0.1) is 20.8 Å². The van der Waals surface area contributed by atoms with E-state index in [1.165, 1.54) is 5.56 Å². The second-order valence-corrected chi connectivity index (χ2v) is 5.83. The van der Waals surface area contributed by atoms with Crippen LogP contribution in [0.4, 0.5) is 5.69 Å². The monoisotopic (exact) mass is 305 g/mol. The van der Waals surface area contributed by atoms with Crippen molar-refractivity contribution in [3.63, 3.8) is 0 Å². The Kier molecular flexibility index (Phi) is 4.63. The number of hydrogen-bond donors (Lipinski definition) is 1. The lowest BCUT2D eigenvalue weighted by molar-refractivity contribution is 0.701. The Morgan fingerprint density at radius 1 is 1.05 bits per heavy atom. The maximum absolute atomic E-state index is 11.5. The Morgan fingerprint density at radius 3 is 2.10 bits per heavy atom. The van der Waals surface area contributed by atoms with E-state index in [-0.39, 0.29) is 0 Å². The van der Waals surface area contributed by atoms with Gasteiger partial charge in [-0.25, -0.2) is 4.21 Å². The van der Waals surface area contributed by atoms with E-state index in [2.05, 4.69) is 24.4 Å². The first kappa shape index (κ1) is 14.8. The van der Waals surface area contributed by atoms with Gasteiger partial charge in [-0.3, -0.25) is 0 Å². The smallest absolute Gasteiger partial charge is 0.141 e. The molecule has 0 aliphatic rings. The minimum atomic E-state index is 0.479. The van der Waals surface area contributed by atoms with Crippen molar-refractivity contribution in [2.75, 3.05) is 5.32 Å². The van der Waals surface area contributed by atoms with Gasteiger partial charge in [0.2, 0.25) is 0 Å². The molecule has 0 saturated carbocycles. The van der Waals surface area contributed by atoms with Gasteiger partial charge in [0.15, 0.2) is 0 Å². The first-order valence-corrected chi connectivity index (χ1v) is 7.41. The van der Waals surface area contributed by atoms with Gasteiger partial charge >= 0.3 is 0 Å². The fraction of sp³-hybridized carbons (Fsp3) is 0.188. The first-order valence-electron chi connectivity index (χ1n) is 6.29. The van der Waals surface area contributed by atoms with Crippen LogP contribution in [0.5, 0.6) is 0 Å². The second-order valence-electron chi connectivity index (χ2n) is 4.82. The number of aryl methyl sites for hydroxylation is 3. The van der Waals surface area contributed by atoms with Gasteiger partial charge in [-0.1, -0.05) is 29.3 Å². The molecule has 0 spiro atoms. The molecule has 0 fully saturated rings. The summed E-state index contributed by atoms with van der Waals surface area (Å²) < 4.78 is 11.5. The molecular weight excluding hydrogens is 290 g/mol. The van der Waals surface area contributed by atoms with Crippen LogP contribution in [0.15, 0.2) is 36.4 Å². The van der Waals surface area contributed by atoms with E-state index in [1.807, 2.05) is 26.0 Å². The minimum Gasteiger partial charge on any atom is -0.344 e. The van der Waals surface area contributed by atoms with E-state index in [0.717, 1.165) is 22.4 Å². The Hall–Kier alpha value is -1.58. The van der Waals surface area contributed by atoms with Crippen LogP contribution in [-0.4, -0.2) is 9.20 Å². The third-order valence-electron chi connectivity index (χ3n) is 3.09. The van der Waals surface area contributed by atoms with E-state index in [1.54, 1.807) is 12.1 Å². The standard InChI is InChI=1S/C16H16ClNOS/c1-10-8-11(2)15(12(3)9-10)16(20-19)18-14-6-4-13(17)5-7-14/h4-9,18H,1-3H3. The molecule has 2 aromatic rings. The summed E-state index contributed by atoms with van der Waals surface area (Å²) in [7, 11) is 0. The maximum Gasteiger partial charge on any atom is 0.141 e. The zero-order valence-electron chi connectivity index (χ0n) is 11.7. The van der Waals surface area contributed by atoms with E-state index in [4.69, 9.17) is 11.6 Å². The summed E-state index contributed by atoms with van der Waals surface area (Å²) in [4.78, 5) is 0.613. The average molecular weight is 306 g/mol. The molecule has 0 saturated heterocycles. The molecule has 2 aromatic carbocycles. The molecule has 0 aliphatic carbocycles. The summed E-state index contributed by atoms with van der Waals surface area (Å²) in [5.74, 6) is 0. The molecule has 104 valence electrons. The van der Waals surface area contributed by atoms with E-state index < -0.39 is 0 Å². The van der Waals surface area contributed by atoms with Crippen molar-refractivity contribution in [2.45, 2.75) is 20.8 Å². The number of benzene rings is 2. The highest BCUT2D eigenvalue weighted by Crippen LogP contribution is 2.19. The van der Waals surface area contributed by atoms with Crippen LogP contribution in [0.3, 0.4) is 0 Å². The van der Waals surface area contributed by atoms with Gasteiger partial charge in [0.05, 0.1) is 0 Å². The Bertz CT molecular complexity index is 665. The number of nitrogens with one attached hydrogen (secondary N) is 1. The highest BCUT2D eigenvalue weighted by molar-refractivity contribution is 7.67. The van der Waals surface area contributed by atoms with Crippen LogP contribution in [-0.2, 0) is 11.3 Å². The summed E-state index contributed by atoms with van der Waals surface area (Å²) in [5, 5.41) is 3.86. The van der Waals surface area contributed by atoms with Crippen molar-refractivity contribution in [1.29, 1.82) is 0 Å². The zero-order valence-corrected chi connectivity index (χ0v) is 13.2. The molecule has 1 N–H and O–H groups in total. The lowest BCUT2D eigenvalue weighted by atomic mass is 9.99. The number of hydrogen-bond acceptors (Lipinski definition) is 1.